The molecule has 0 spiro atoms. The van der Waals surface area contributed by atoms with Gasteiger partial charge in [-0.05, 0) is 42.7 Å². The van der Waals surface area contributed by atoms with E-state index < -0.39 is 0 Å². The van der Waals surface area contributed by atoms with Crippen LogP contribution >= 0.6 is 0 Å². The minimum absolute atomic E-state index is 0.889. The first kappa shape index (κ1) is 11.8. The summed E-state index contributed by atoms with van der Waals surface area (Å²) in [6.45, 7) is 6.26. The number of rotatable bonds is 5. The summed E-state index contributed by atoms with van der Waals surface area (Å²) in [5, 5.41) is 3.46. The number of anilines is 1. The molecule has 1 aromatic carbocycles. The van der Waals surface area contributed by atoms with E-state index in [1.165, 1.54) is 16.8 Å². The monoisotopic (exact) mass is 228 g/mol. The quantitative estimate of drug-likeness (QED) is 0.826. The zero-order chi connectivity index (χ0) is 12.1. The molecule has 1 aromatic heterocycles. The lowest BCUT2D eigenvalue weighted by Gasteiger charge is -2.06. The molecule has 0 atom stereocenters. The van der Waals surface area contributed by atoms with Gasteiger partial charge in [-0.2, -0.15) is 0 Å². The Morgan fingerprint density at radius 3 is 2.71 bits per heavy atom. The Bertz CT molecular complexity index is 471. The molecule has 2 rings (SSSR count). The normalized spacial score (nSPS) is 10.5. The van der Waals surface area contributed by atoms with Gasteiger partial charge in [0.25, 0.3) is 0 Å². The van der Waals surface area contributed by atoms with Gasteiger partial charge in [-0.25, -0.2) is 0 Å². The van der Waals surface area contributed by atoms with Crippen LogP contribution in [0.2, 0.25) is 0 Å². The van der Waals surface area contributed by atoms with Gasteiger partial charge in [0.05, 0.1) is 0 Å². The highest BCUT2D eigenvalue weighted by atomic mass is 14.9. The molecular formula is C15H20N2. The van der Waals surface area contributed by atoms with Crippen LogP contribution in [0.5, 0.6) is 0 Å². The minimum atomic E-state index is 0.889. The summed E-state index contributed by atoms with van der Waals surface area (Å²) >= 11 is 0. The second-order valence-electron chi connectivity index (χ2n) is 4.26. The van der Waals surface area contributed by atoms with Gasteiger partial charge in [-0.15, -0.1) is 0 Å². The summed E-state index contributed by atoms with van der Waals surface area (Å²) < 4.78 is 2.19. The first-order valence-electron chi connectivity index (χ1n) is 6.29. The molecule has 0 saturated heterocycles. The van der Waals surface area contributed by atoms with E-state index >= 15 is 0 Å². The first-order valence-corrected chi connectivity index (χ1v) is 6.29. The highest BCUT2D eigenvalue weighted by molar-refractivity contribution is 5.46. The third-order valence-corrected chi connectivity index (χ3v) is 3.01. The lowest BCUT2D eigenvalue weighted by atomic mass is 10.1. The Morgan fingerprint density at radius 1 is 1.12 bits per heavy atom. The summed E-state index contributed by atoms with van der Waals surface area (Å²) in [5.41, 5.74) is 3.91. The summed E-state index contributed by atoms with van der Waals surface area (Å²) in [6.07, 6.45) is 5.40. The molecule has 0 unspecified atom stereocenters. The largest absolute Gasteiger partial charge is 0.381 e. The lowest BCUT2D eigenvalue weighted by molar-refractivity contribution is 0.766. The molecule has 0 radical (unpaired) electrons. The number of benzene rings is 1. The highest BCUT2D eigenvalue weighted by Crippen LogP contribution is 2.12. The van der Waals surface area contributed by atoms with E-state index in [1.54, 1.807) is 0 Å². The molecule has 90 valence electrons. The highest BCUT2D eigenvalue weighted by Gasteiger charge is 1.97. The predicted octanol–water partition coefficient (Wildman–Crippen LogP) is 3.68. The van der Waals surface area contributed by atoms with E-state index in [0.29, 0.717) is 0 Å². The van der Waals surface area contributed by atoms with Crippen LogP contribution < -0.4 is 5.32 Å². The average molecular weight is 228 g/mol. The van der Waals surface area contributed by atoms with Crippen molar-refractivity contribution in [2.24, 2.45) is 0 Å². The van der Waals surface area contributed by atoms with E-state index in [-0.39, 0.29) is 0 Å². The Hall–Kier alpha value is -1.70. The molecule has 2 heteroatoms. The summed E-state index contributed by atoms with van der Waals surface area (Å²) in [5.74, 6) is 0. The average Bonchev–Trinajstić information content (AvgIpc) is 2.84. The molecule has 1 N–H and O–H groups in total. The molecule has 1 heterocycles. The van der Waals surface area contributed by atoms with Crippen molar-refractivity contribution in [1.82, 2.24) is 4.57 Å². The Morgan fingerprint density at radius 2 is 2.00 bits per heavy atom. The Kier molecular flexibility index (Phi) is 3.86. The van der Waals surface area contributed by atoms with Crippen LogP contribution in [-0.4, -0.2) is 4.57 Å². The molecule has 0 aliphatic rings. The molecule has 0 bridgehead atoms. The molecule has 0 fully saturated rings. The third kappa shape index (κ3) is 3.13. The van der Waals surface area contributed by atoms with Crippen LogP contribution in [0.15, 0.2) is 42.7 Å². The molecule has 0 aliphatic carbocycles. The topological polar surface area (TPSA) is 17.0 Å². The fourth-order valence-corrected chi connectivity index (χ4v) is 1.90. The fourth-order valence-electron chi connectivity index (χ4n) is 1.90. The molecule has 0 saturated carbocycles. The fraction of sp³-hybridized carbons (Fsp3) is 0.333. The molecular weight excluding hydrogens is 208 g/mol. The van der Waals surface area contributed by atoms with Crippen molar-refractivity contribution < 1.29 is 0 Å². The van der Waals surface area contributed by atoms with Gasteiger partial charge in [0.1, 0.15) is 0 Å². The van der Waals surface area contributed by atoms with Gasteiger partial charge in [0.2, 0.25) is 0 Å². The number of hydrogen-bond donors (Lipinski definition) is 1. The molecule has 0 amide bonds. The standard InChI is InChI=1S/C15H20N2/c1-3-13-6-5-7-15(10-13)16-11-14-8-9-17(4-2)12-14/h5-10,12,16H,3-4,11H2,1-2H3. The van der Waals surface area contributed by atoms with Crippen molar-refractivity contribution >= 4 is 5.69 Å². The van der Waals surface area contributed by atoms with Crippen molar-refractivity contribution in [3.8, 4) is 0 Å². The van der Waals surface area contributed by atoms with Crippen LogP contribution in [0.4, 0.5) is 5.69 Å². The van der Waals surface area contributed by atoms with E-state index in [4.69, 9.17) is 0 Å². The van der Waals surface area contributed by atoms with E-state index in [9.17, 15) is 0 Å². The van der Waals surface area contributed by atoms with Crippen molar-refractivity contribution in [2.75, 3.05) is 5.32 Å². The zero-order valence-corrected chi connectivity index (χ0v) is 10.6. The van der Waals surface area contributed by atoms with Gasteiger partial charge in [0.15, 0.2) is 0 Å². The third-order valence-electron chi connectivity index (χ3n) is 3.01. The SMILES string of the molecule is CCc1cccc(NCc2ccn(CC)c2)c1. The van der Waals surface area contributed by atoms with Gasteiger partial charge < -0.3 is 9.88 Å². The molecule has 2 aromatic rings. The van der Waals surface area contributed by atoms with Crippen LogP contribution in [0.3, 0.4) is 0 Å². The van der Waals surface area contributed by atoms with Crippen molar-refractivity contribution in [3.05, 3.63) is 53.9 Å². The van der Waals surface area contributed by atoms with Crippen molar-refractivity contribution in [3.63, 3.8) is 0 Å². The molecule has 17 heavy (non-hydrogen) atoms. The number of aryl methyl sites for hydroxylation is 2. The number of nitrogens with zero attached hydrogens (tertiary/aromatic N) is 1. The van der Waals surface area contributed by atoms with E-state index in [0.717, 1.165) is 19.5 Å². The minimum Gasteiger partial charge on any atom is -0.381 e. The Labute approximate surface area is 103 Å². The van der Waals surface area contributed by atoms with E-state index in [1.807, 2.05) is 0 Å². The number of aromatic nitrogens is 1. The summed E-state index contributed by atoms with van der Waals surface area (Å²) in [6, 6.07) is 10.8. The van der Waals surface area contributed by atoms with E-state index in [2.05, 4.69) is 66.5 Å². The van der Waals surface area contributed by atoms with Gasteiger partial charge in [0, 0.05) is 31.2 Å². The maximum absolute atomic E-state index is 3.46. The first-order chi connectivity index (χ1) is 8.31. The molecule has 2 nitrogen and oxygen atoms in total. The molecule has 0 aliphatic heterocycles. The van der Waals surface area contributed by atoms with Crippen molar-refractivity contribution in [2.45, 2.75) is 33.4 Å². The van der Waals surface area contributed by atoms with Gasteiger partial charge in [-0.3, -0.25) is 0 Å². The summed E-state index contributed by atoms with van der Waals surface area (Å²) in [4.78, 5) is 0. The smallest absolute Gasteiger partial charge is 0.0415 e. The van der Waals surface area contributed by atoms with Gasteiger partial charge >= 0.3 is 0 Å². The predicted molar refractivity (Wildman–Crippen MR) is 73.3 cm³/mol. The second-order valence-corrected chi connectivity index (χ2v) is 4.26. The number of hydrogen-bond acceptors (Lipinski definition) is 1. The van der Waals surface area contributed by atoms with Crippen LogP contribution in [0.25, 0.3) is 0 Å². The zero-order valence-electron chi connectivity index (χ0n) is 10.6. The summed E-state index contributed by atoms with van der Waals surface area (Å²) in [7, 11) is 0. The van der Waals surface area contributed by atoms with Gasteiger partial charge in [-0.1, -0.05) is 19.1 Å². The van der Waals surface area contributed by atoms with Crippen LogP contribution in [-0.2, 0) is 19.5 Å². The van der Waals surface area contributed by atoms with Crippen molar-refractivity contribution in [1.29, 1.82) is 0 Å². The Balaban J connectivity index is 1.96. The maximum Gasteiger partial charge on any atom is 0.0415 e. The number of nitrogens with one attached hydrogen (secondary N) is 1. The van der Waals surface area contributed by atoms with Crippen LogP contribution in [0.1, 0.15) is 25.0 Å². The maximum atomic E-state index is 3.46. The lowest BCUT2D eigenvalue weighted by Crippen LogP contribution is -1.99. The van der Waals surface area contributed by atoms with Crippen LogP contribution in [0, 0.1) is 0 Å². The second kappa shape index (κ2) is 5.58.